The second-order valence-electron chi connectivity index (χ2n) is 9.34. The molecule has 6 nitrogen and oxygen atoms in total. The molecule has 0 saturated heterocycles. The van der Waals surface area contributed by atoms with Crippen molar-refractivity contribution >= 4 is 33.2 Å². The Morgan fingerprint density at radius 1 is 1.14 bits per heavy atom. The lowest BCUT2D eigenvalue weighted by Crippen LogP contribution is -2.29. The van der Waals surface area contributed by atoms with Gasteiger partial charge in [0.25, 0.3) is 0 Å². The Morgan fingerprint density at radius 2 is 2.00 bits per heavy atom. The molecule has 5 rings (SSSR count). The fraction of sp³-hybridized carbons (Fsp3) is 0.310. The molecule has 1 aliphatic heterocycles. The number of imidazole rings is 1. The van der Waals surface area contributed by atoms with Crippen LogP contribution in [0.2, 0.25) is 0 Å². The summed E-state index contributed by atoms with van der Waals surface area (Å²) in [4.78, 5) is 20.6. The van der Waals surface area contributed by atoms with Crippen molar-refractivity contribution < 1.29 is 14.3 Å². The molecule has 2 aromatic heterocycles. The van der Waals surface area contributed by atoms with Gasteiger partial charge in [-0.15, -0.1) is 11.3 Å². The average Bonchev–Trinajstić information content (AvgIpc) is 3.43. The standard InChI is InChI=1S/C29H31N3O3S/c1-19-8-9-23(20(2)14-19)18-35-24-7-5-6-22(15-24)21-10-12-32(13-11-21)17-27-30-25-16-26(29(33)34-4)36-28(25)31(27)3/h5-10,14-16H,11-13,17-18H2,1-4H3. The van der Waals surface area contributed by atoms with Gasteiger partial charge in [0.1, 0.15) is 33.4 Å². The molecule has 1 aliphatic rings. The van der Waals surface area contributed by atoms with Crippen LogP contribution in [0.4, 0.5) is 0 Å². The van der Waals surface area contributed by atoms with Gasteiger partial charge in [-0.05, 0) is 60.7 Å². The van der Waals surface area contributed by atoms with E-state index in [0.29, 0.717) is 11.5 Å². The number of methoxy groups -OCH3 is 1. The van der Waals surface area contributed by atoms with E-state index in [-0.39, 0.29) is 5.97 Å². The highest BCUT2D eigenvalue weighted by Crippen LogP contribution is 2.29. The van der Waals surface area contributed by atoms with E-state index in [0.717, 1.165) is 48.0 Å². The van der Waals surface area contributed by atoms with E-state index in [1.807, 2.05) is 19.2 Å². The summed E-state index contributed by atoms with van der Waals surface area (Å²) in [5, 5.41) is 0. The highest BCUT2D eigenvalue weighted by Gasteiger charge is 2.19. The SMILES string of the molecule is COC(=O)c1cc2nc(CN3CC=C(c4cccc(OCc5ccc(C)cc5C)c4)CC3)n(C)c2s1. The van der Waals surface area contributed by atoms with E-state index in [2.05, 4.69) is 65.8 Å². The maximum absolute atomic E-state index is 11.8. The molecule has 3 heterocycles. The van der Waals surface area contributed by atoms with Crippen LogP contribution in [0.1, 0.15) is 44.2 Å². The second-order valence-corrected chi connectivity index (χ2v) is 10.4. The first-order valence-corrected chi connectivity index (χ1v) is 13.0. The lowest BCUT2D eigenvalue weighted by Gasteiger charge is -2.26. The van der Waals surface area contributed by atoms with Gasteiger partial charge in [-0.25, -0.2) is 9.78 Å². The maximum atomic E-state index is 11.8. The Kier molecular flexibility index (Phi) is 6.94. The predicted octanol–water partition coefficient (Wildman–Crippen LogP) is 5.91. The van der Waals surface area contributed by atoms with Crippen molar-refractivity contribution in [3.8, 4) is 5.75 Å². The van der Waals surface area contributed by atoms with E-state index in [1.54, 1.807) is 0 Å². The van der Waals surface area contributed by atoms with E-state index >= 15 is 0 Å². The number of carbonyl (C=O) groups excluding carboxylic acids is 1. The fourth-order valence-electron chi connectivity index (χ4n) is 4.64. The Balaban J connectivity index is 1.22. The van der Waals surface area contributed by atoms with Gasteiger partial charge in [0, 0.05) is 20.1 Å². The monoisotopic (exact) mass is 501 g/mol. The first kappa shape index (κ1) is 24.3. The highest BCUT2D eigenvalue weighted by molar-refractivity contribution is 7.20. The Morgan fingerprint density at radius 3 is 2.72 bits per heavy atom. The summed E-state index contributed by atoms with van der Waals surface area (Å²) >= 11 is 1.43. The lowest BCUT2D eigenvalue weighted by atomic mass is 9.99. The third-order valence-corrected chi connectivity index (χ3v) is 7.96. The van der Waals surface area contributed by atoms with E-state index in [4.69, 9.17) is 14.5 Å². The molecule has 0 bridgehead atoms. The summed E-state index contributed by atoms with van der Waals surface area (Å²) in [6.45, 7) is 7.43. The molecule has 0 amide bonds. The van der Waals surface area contributed by atoms with Gasteiger partial charge in [-0.1, -0.05) is 42.0 Å². The summed E-state index contributed by atoms with van der Waals surface area (Å²) in [5.41, 5.74) is 7.18. The molecule has 2 aromatic carbocycles. The van der Waals surface area contributed by atoms with E-state index in [9.17, 15) is 4.79 Å². The number of hydrogen-bond acceptors (Lipinski definition) is 6. The van der Waals surface area contributed by atoms with Crippen LogP contribution in [0.5, 0.6) is 5.75 Å². The quantitative estimate of drug-likeness (QED) is 0.295. The molecular weight excluding hydrogens is 470 g/mol. The van der Waals surface area contributed by atoms with Gasteiger partial charge in [-0.3, -0.25) is 4.90 Å². The largest absolute Gasteiger partial charge is 0.489 e. The first-order chi connectivity index (χ1) is 17.4. The molecule has 7 heteroatoms. The summed E-state index contributed by atoms with van der Waals surface area (Å²) in [6, 6.07) is 16.7. The van der Waals surface area contributed by atoms with Crippen LogP contribution in [0.25, 0.3) is 15.9 Å². The third-order valence-electron chi connectivity index (χ3n) is 6.78. The first-order valence-electron chi connectivity index (χ1n) is 12.2. The van der Waals surface area contributed by atoms with Gasteiger partial charge in [0.05, 0.1) is 13.7 Å². The molecule has 0 N–H and O–H groups in total. The van der Waals surface area contributed by atoms with Gasteiger partial charge >= 0.3 is 5.97 Å². The zero-order valence-corrected chi connectivity index (χ0v) is 22.0. The van der Waals surface area contributed by atoms with Crippen molar-refractivity contribution in [1.29, 1.82) is 0 Å². The molecule has 0 saturated carbocycles. The van der Waals surface area contributed by atoms with E-state index < -0.39 is 0 Å². The van der Waals surface area contributed by atoms with Crippen LogP contribution in [0, 0.1) is 13.8 Å². The molecule has 0 spiro atoms. The van der Waals surface area contributed by atoms with Gasteiger partial charge < -0.3 is 14.0 Å². The number of hydrogen-bond donors (Lipinski definition) is 0. The number of carbonyl (C=O) groups is 1. The van der Waals surface area contributed by atoms with Crippen molar-refractivity contribution in [3.63, 3.8) is 0 Å². The van der Waals surface area contributed by atoms with Crippen molar-refractivity contribution in [1.82, 2.24) is 14.5 Å². The number of nitrogens with zero attached hydrogens (tertiary/aromatic N) is 3. The number of aromatic nitrogens is 2. The zero-order chi connectivity index (χ0) is 25.2. The van der Waals surface area contributed by atoms with Gasteiger partial charge in [0.2, 0.25) is 0 Å². The number of thiophene rings is 1. The number of esters is 1. The fourth-order valence-corrected chi connectivity index (χ4v) is 5.63. The third kappa shape index (κ3) is 5.08. The van der Waals surface area contributed by atoms with Crippen molar-refractivity contribution in [2.24, 2.45) is 7.05 Å². The molecule has 0 unspecified atom stereocenters. The number of aryl methyl sites for hydroxylation is 3. The predicted molar refractivity (Wildman–Crippen MR) is 144 cm³/mol. The normalized spacial score (nSPS) is 14.2. The average molecular weight is 502 g/mol. The Bertz CT molecular complexity index is 1450. The van der Waals surface area contributed by atoms with Crippen molar-refractivity contribution in [2.45, 2.75) is 33.4 Å². The number of ether oxygens (including phenoxy) is 2. The Hall–Kier alpha value is -3.42. The molecule has 36 heavy (non-hydrogen) atoms. The van der Waals surface area contributed by atoms with Crippen LogP contribution in [0.15, 0.2) is 54.6 Å². The Labute approximate surface area is 215 Å². The van der Waals surface area contributed by atoms with E-state index in [1.165, 1.54) is 46.3 Å². The molecule has 4 aromatic rings. The van der Waals surface area contributed by atoms with Crippen molar-refractivity contribution in [2.75, 3.05) is 20.2 Å². The van der Waals surface area contributed by atoms with Crippen LogP contribution < -0.4 is 4.74 Å². The molecular formula is C29H31N3O3S. The van der Waals surface area contributed by atoms with Crippen LogP contribution in [0.3, 0.4) is 0 Å². The zero-order valence-electron chi connectivity index (χ0n) is 21.2. The summed E-state index contributed by atoms with van der Waals surface area (Å²) in [7, 11) is 3.41. The second kappa shape index (κ2) is 10.3. The topological polar surface area (TPSA) is 56.6 Å². The maximum Gasteiger partial charge on any atom is 0.348 e. The minimum Gasteiger partial charge on any atom is -0.489 e. The molecule has 186 valence electrons. The number of benzene rings is 2. The molecule has 0 radical (unpaired) electrons. The smallest absolute Gasteiger partial charge is 0.348 e. The lowest BCUT2D eigenvalue weighted by molar-refractivity contribution is 0.0606. The minimum atomic E-state index is -0.312. The summed E-state index contributed by atoms with van der Waals surface area (Å²) < 4.78 is 13.1. The minimum absolute atomic E-state index is 0.312. The van der Waals surface area contributed by atoms with Crippen LogP contribution in [-0.4, -0.2) is 40.6 Å². The van der Waals surface area contributed by atoms with Gasteiger partial charge in [-0.2, -0.15) is 0 Å². The van der Waals surface area contributed by atoms with Crippen LogP contribution in [-0.2, 0) is 24.9 Å². The molecule has 0 atom stereocenters. The number of fused-ring (bicyclic) bond motifs is 1. The molecule has 0 aliphatic carbocycles. The van der Waals surface area contributed by atoms with Crippen molar-refractivity contribution in [3.05, 3.63) is 87.6 Å². The highest BCUT2D eigenvalue weighted by atomic mass is 32.1. The number of rotatable bonds is 7. The van der Waals surface area contributed by atoms with Crippen LogP contribution >= 0.6 is 11.3 Å². The van der Waals surface area contributed by atoms with Gasteiger partial charge in [0.15, 0.2) is 0 Å². The summed E-state index contributed by atoms with van der Waals surface area (Å²) in [6.07, 6.45) is 3.29. The molecule has 0 fully saturated rings. The summed E-state index contributed by atoms with van der Waals surface area (Å²) in [5.74, 6) is 1.59.